The van der Waals surface area contributed by atoms with Crippen molar-refractivity contribution < 1.29 is 0 Å². The van der Waals surface area contributed by atoms with Crippen LogP contribution in [0, 0.1) is 10.8 Å². The van der Waals surface area contributed by atoms with E-state index in [4.69, 9.17) is 10.8 Å². The summed E-state index contributed by atoms with van der Waals surface area (Å²) in [4.78, 5) is 19.3. The molecule has 2 N–H and O–H groups in total. The molecule has 0 amide bonds. The van der Waals surface area contributed by atoms with Crippen LogP contribution in [0.2, 0.25) is 0 Å². The predicted octanol–water partition coefficient (Wildman–Crippen LogP) is 1.75. The van der Waals surface area contributed by atoms with Gasteiger partial charge in [0.15, 0.2) is 0 Å². The van der Waals surface area contributed by atoms with Gasteiger partial charge in [0.25, 0.3) is 5.56 Å². The van der Waals surface area contributed by atoms with Gasteiger partial charge in [-0.05, 0) is 37.0 Å². The number of rotatable bonds is 2. The SMILES string of the molecule is N=C(Cn1cnc2sc3c(c2c1=O)CCC3)n1ccccc1=N. The molecule has 116 valence electrons. The first kappa shape index (κ1) is 14.1. The highest BCUT2D eigenvalue weighted by atomic mass is 32.1. The van der Waals surface area contributed by atoms with Gasteiger partial charge < -0.3 is 0 Å². The van der Waals surface area contributed by atoms with Crippen LogP contribution in [0.5, 0.6) is 0 Å². The molecule has 1 aliphatic carbocycles. The third-order valence-corrected chi connectivity index (χ3v) is 5.36. The van der Waals surface area contributed by atoms with Crippen LogP contribution in [0.4, 0.5) is 0 Å². The van der Waals surface area contributed by atoms with E-state index in [0.717, 1.165) is 35.0 Å². The van der Waals surface area contributed by atoms with Gasteiger partial charge in [-0.15, -0.1) is 11.3 Å². The molecule has 0 aromatic carbocycles. The van der Waals surface area contributed by atoms with Gasteiger partial charge in [-0.2, -0.15) is 0 Å². The first-order chi connectivity index (χ1) is 11.1. The number of hydrogen-bond acceptors (Lipinski definition) is 5. The van der Waals surface area contributed by atoms with Crippen LogP contribution in [-0.4, -0.2) is 20.0 Å². The molecule has 3 aromatic rings. The van der Waals surface area contributed by atoms with Gasteiger partial charge in [0.2, 0.25) is 0 Å². The monoisotopic (exact) mass is 325 g/mol. The number of hydrogen-bond donors (Lipinski definition) is 2. The number of nitrogens with one attached hydrogen (secondary N) is 2. The minimum absolute atomic E-state index is 0.0813. The average Bonchev–Trinajstić information content (AvgIpc) is 3.11. The standard InChI is InChI=1S/C16H15N5OS/c17-12-6-1-2-7-21(12)13(18)8-20-9-19-15-14(16(20)22)10-4-3-5-11(10)23-15/h1-2,6-7,9,17-18H,3-5,8H2. The summed E-state index contributed by atoms with van der Waals surface area (Å²) in [6.07, 6.45) is 6.25. The summed E-state index contributed by atoms with van der Waals surface area (Å²) < 4.78 is 2.92. The second-order valence-electron chi connectivity index (χ2n) is 5.62. The van der Waals surface area contributed by atoms with Crippen molar-refractivity contribution in [3.63, 3.8) is 0 Å². The van der Waals surface area contributed by atoms with Crippen molar-refractivity contribution in [3.05, 3.63) is 57.0 Å². The smallest absolute Gasteiger partial charge is 0.262 e. The van der Waals surface area contributed by atoms with Crippen LogP contribution in [0.3, 0.4) is 0 Å². The normalized spacial score (nSPS) is 13.4. The molecular weight excluding hydrogens is 310 g/mol. The Morgan fingerprint density at radius 1 is 1.35 bits per heavy atom. The molecule has 3 heterocycles. The number of thiophene rings is 1. The van der Waals surface area contributed by atoms with Gasteiger partial charge in [-0.3, -0.25) is 24.7 Å². The number of aryl methyl sites for hydroxylation is 2. The quantitative estimate of drug-likeness (QED) is 0.555. The molecule has 0 spiro atoms. The minimum Gasteiger partial charge on any atom is -0.291 e. The molecule has 0 radical (unpaired) electrons. The molecule has 3 aromatic heterocycles. The second kappa shape index (κ2) is 5.27. The van der Waals surface area contributed by atoms with Crippen molar-refractivity contribution in [2.75, 3.05) is 0 Å². The first-order valence-electron chi connectivity index (χ1n) is 7.45. The molecule has 6 nitrogen and oxygen atoms in total. The highest BCUT2D eigenvalue weighted by molar-refractivity contribution is 7.18. The lowest BCUT2D eigenvalue weighted by Crippen LogP contribution is -2.32. The maximum atomic E-state index is 12.8. The predicted molar refractivity (Wildman–Crippen MR) is 89.3 cm³/mol. The van der Waals surface area contributed by atoms with Crippen molar-refractivity contribution in [1.29, 1.82) is 10.8 Å². The fourth-order valence-electron chi connectivity index (χ4n) is 3.05. The maximum absolute atomic E-state index is 12.8. The fourth-order valence-corrected chi connectivity index (χ4v) is 4.27. The Balaban J connectivity index is 1.77. The molecule has 7 heteroatoms. The summed E-state index contributed by atoms with van der Waals surface area (Å²) in [6.45, 7) is 0.104. The van der Waals surface area contributed by atoms with E-state index in [1.54, 1.807) is 35.7 Å². The van der Waals surface area contributed by atoms with Gasteiger partial charge in [0.05, 0.1) is 18.3 Å². The second-order valence-corrected chi connectivity index (χ2v) is 6.70. The van der Waals surface area contributed by atoms with E-state index < -0.39 is 0 Å². The molecule has 0 unspecified atom stereocenters. The minimum atomic E-state index is -0.0813. The summed E-state index contributed by atoms with van der Waals surface area (Å²) in [5, 5.41) is 16.8. The Kier molecular flexibility index (Phi) is 3.23. The zero-order chi connectivity index (χ0) is 16.0. The first-order valence-corrected chi connectivity index (χ1v) is 8.26. The van der Waals surface area contributed by atoms with Gasteiger partial charge in [-0.25, -0.2) is 4.98 Å². The molecule has 0 bridgehead atoms. The van der Waals surface area contributed by atoms with Crippen LogP contribution in [0.25, 0.3) is 10.2 Å². The molecule has 1 aliphatic rings. The largest absolute Gasteiger partial charge is 0.291 e. The third-order valence-electron chi connectivity index (χ3n) is 4.16. The Morgan fingerprint density at radius 3 is 3.04 bits per heavy atom. The van der Waals surface area contributed by atoms with Gasteiger partial charge in [0.1, 0.15) is 16.2 Å². The lowest BCUT2D eigenvalue weighted by molar-refractivity contribution is 0.759. The van der Waals surface area contributed by atoms with Crippen LogP contribution < -0.4 is 11.0 Å². The number of nitrogens with zero attached hydrogens (tertiary/aromatic N) is 3. The summed E-state index contributed by atoms with van der Waals surface area (Å²) in [5.41, 5.74) is 1.29. The third kappa shape index (κ3) is 2.24. The van der Waals surface area contributed by atoms with Crippen LogP contribution in [0.15, 0.2) is 35.5 Å². The Bertz CT molecular complexity index is 1040. The van der Waals surface area contributed by atoms with Crippen LogP contribution in [-0.2, 0) is 19.4 Å². The average molecular weight is 325 g/mol. The molecule has 0 aliphatic heterocycles. The van der Waals surface area contributed by atoms with Crippen molar-refractivity contribution in [2.45, 2.75) is 25.8 Å². The highest BCUT2D eigenvalue weighted by Gasteiger charge is 2.21. The fraction of sp³-hybridized carbons (Fsp3) is 0.250. The lowest BCUT2D eigenvalue weighted by Gasteiger charge is -2.10. The maximum Gasteiger partial charge on any atom is 0.262 e. The Morgan fingerprint density at radius 2 is 2.22 bits per heavy atom. The Hall–Kier alpha value is -2.54. The summed E-state index contributed by atoms with van der Waals surface area (Å²) in [7, 11) is 0. The van der Waals surface area contributed by atoms with Crippen LogP contribution in [0.1, 0.15) is 16.9 Å². The molecule has 23 heavy (non-hydrogen) atoms. The van der Waals surface area contributed by atoms with Gasteiger partial charge in [-0.1, -0.05) is 6.07 Å². The van der Waals surface area contributed by atoms with E-state index in [-0.39, 0.29) is 23.4 Å². The summed E-state index contributed by atoms with van der Waals surface area (Å²) in [5.74, 6) is 0.172. The van der Waals surface area contributed by atoms with E-state index in [0.29, 0.717) is 0 Å². The van der Waals surface area contributed by atoms with E-state index in [9.17, 15) is 4.79 Å². The highest BCUT2D eigenvalue weighted by Crippen LogP contribution is 2.34. The van der Waals surface area contributed by atoms with E-state index >= 15 is 0 Å². The number of aromatic nitrogens is 3. The lowest BCUT2D eigenvalue weighted by atomic mass is 10.2. The van der Waals surface area contributed by atoms with Crippen molar-refractivity contribution in [1.82, 2.24) is 14.1 Å². The molecule has 0 saturated carbocycles. The van der Waals surface area contributed by atoms with Crippen molar-refractivity contribution in [2.24, 2.45) is 0 Å². The van der Waals surface area contributed by atoms with Crippen LogP contribution >= 0.6 is 11.3 Å². The van der Waals surface area contributed by atoms with E-state index in [2.05, 4.69) is 4.98 Å². The molecule has 4 rings (SSSR count). The molecule has 0 fully saturated rings. The molecule has 0 saturated heterocycles. The van der Waals surface area contributed by atoms with E-state index in [1.807, 2.05) is 0 Å². The topological polar surface area (TPSA) is 87.5 Å². The zero-order valence-corrected chi connectivity index (χ0v) is 13.2. The Labute approximate surface area is 135 Å². The van der Waals surface area contributed by atoms with Gasteiger partial charge in [0, 0.05) is 11.1 Å². The van der Waals surface area contributed by atoms with Crippen molar-refractivity contribution in [3.8, 4) is 0 Å². The van der Waals surface area contributed by atoms with E-state index in [1.165, 1.54) is 20.3 Å². The number of fused-ring (bicyclic) bond motifs is 3. The number of pyridine rings is 1. The molecular formula is C16H15N5OS. The van der Waals surface area contributed by atoms with Gasteiger partial charge >= 0.3 is 0 Å². The molecule has 0 atom stereocenters. The summed E-state index contributed by atoms with van der Waals surface area (Å²) in [6, 6.07) is 5.13. The zero-order valence-electron chi connectivity index (χ0n) is 12.4. The summed E-state index contributed by atoms with van der Waals surface area (Å²) >= 11 is 1.61. The van der Waals surface area contributed by atoms with Crippen molar-refractivity contribution >= 4 is 27.4 Å².